The van der Waals surface area contributed by atoms with E-state index in [2.05, 4.69) is 34.9 Å². The van der Waals surface area contributed by atoms with Crippen LogP contribution in [0.25, 0.3) is 11.1 Å². The lowest BCUT2D eigenvalue weighted by Crippen LogP contribution is -2.51. The van der Waals surface area contributed by atoms with E-state index in [1.165, 1.54) is 11.1 Å². The van der Waals surface area contributed by atoms with Crippen LogP contribution >= 0.6 is 0 Å². The molecule has 2 aromatic rings. The topological polar surface area (TPSA) is 114 Å². The normalized spacial score (nSPS) is 27.2. The first-order valence-electron chi connectivity index (χ1n) is 12.1. The second-order valence-electron chi connectivity index (χ2n) is 9.98. The Balaban J connectivity index is 1.13. The molecule has 3 aliphatic rings. The van der Waals surface area contributed by atoms with Crippen LogP contribution in [0.2, 0.25) is 0 Å². The minimum Gasteiger partial charge on any atom is -0.481 e. The number of hydrogen-bond acceptors (Lipinski definition) is 5. The zero-order valence-corrected chi connectivity index (χ0v) is 19.7. The molecule has 2 aromatic carbocycles. The van der Waals surface area contributed by atoms with Crippen LogP contribution in [0.5, 0.6) is 0 Å². The van der Waals surface area contributed by atoms with Crippen molar-refractivity contribution in [3.63, 3.8) is 0 Å². The van der Waals surface area contributed by atoms with E-state index < -0.39 is 23.5 Å². The molecule has 1 saturated heterocycles. The van der Waals surface area contributed by atoms with E-state index in [0.717, 1.165) is 11.1 Å². The Morgan fingerprint density at radius 2 is 1.69 bits per heavy atom. The molecule has 1 saturated carbocycles. The van der Waals surface area contributed by atoms with Gasteiger partial charge in [-0.2, -0.15) is 0 Å². The molecule has 0 bridgehead atoms. The van der Waals surface area contributed by atoms with E-state index in [1.807, 2.05) is 24.3 Å². The molecule has 8 heteroatoms. The van der Waals surface area contributed by atoms with Gasteiger partial charge in [-0.05, 0) is 48.4 Å². The van der Waals surface area contributed by atoms with E-state index in [0.29, 0.717) is 19.3 Å². The van der Waals surface area contributed by atoms with Gasteiger partial charge in [-0.3, -0.25) is 9.59 Å². The highest BCUT2D eigenvalue weighted by Crippen LogP contribution is 2.44. The lowest BCUT2D eigenvalue weighted by Gasteiger charge is -2.26. The van der Waals surface area contributed by atoms with E-state index in [9.17, 15) is 19.5 Å². The van der Waals surface area contributed by atoms with Crippen molar-refractivity contribution >= 4 is 18.0 Å². The quantitative estimate of drug-likeness (QED) is 0.587. The average Bonchev–Trinajstić information content (AvgIpc) is 3.55. The Morgan fingerprint density at radius 1 is 1.03 bits per heavy atom. The summed E-state index contributed by atoms with van der Waals surface area (Å²) in [6.45, 7) is 2.09. The van der Waals surface area contributed by atoms with Gasteiger partial charge < -0.3 is 25.2 Å². The predicted molar refractivity (Wildman–Crippen MR) is 128 cm³/mol. The molecule has 5 rings (SSSR count). The van der Waals surface area contributed by atoms with E-state index in [-0.39, 0.29) is 43.6 Å². The van der Waals surface area contributed by atoms with Crippen LogP contribution in [0.4, 0.5) is 4.79 Å². The summed E-state index contributed by atoms with van der Waals surface area (Å²) in [5.74, 6) is -1.47. The molecule has 4 atom stereocenters. The summed E-state index contributed by atoms with van der Waals surface area (Å²) in [5, 5.41) is 15.3. The molecule has 1 aliphatic heterocycles. The molecule has 2 aliphatic carbocycles. The number of carbonyl (C=O) groups is 3. The van der Waals surface area contributed by atoms with E-state index >= 15 is 0 Å². The Labute approximate surface area is 204 Å². The molecule has 2 amide bonds. The zero-order valence-electron chi connectivity index (χ0n) is 19.7. The molecule has 2 fully saturated rings. The highest BCUT2D eigenvalue weighted by molar-refractivity contribution is 5.82. The van der Waals surface area contributed by atoms with Gasteiger partial charge in [-0.1, -0.05) is 48.5 Å². The molecule has 1 heterocycles. The van der Waals surface area contributed by atoms with Gasteiger partial charge in [0, 0.05) is 17.9 Å². The summed E-state index contributed by atoms with van der Waals surface area (Å²) in [6, 6.07) is 15.6. The third-order valence-electron chi connectivity index (χ3n) is 7.73. The number of carboxylic acids is 1. The van der Waals surface area contributed by atoms with Gasteiger partial charge >= 0.3 is 12.1 Å². The number of hydrogen-bond donors (Lipinski definition) is 3. The summed E-state index contributed by atoms with van der Waals surface area (Å²) >= 11 is 0. The standard InChI is InChI=1S/C27H30N2O6/c1-27(25(31)32)15-34-14-23(27)29-24(30)16-10-11-17(12-16)28-26(33)35-13-22-20-8-4-2-6-18(20)19-7-3-5-9-21(19)22/h2-9,16-17,22-23H,10-15H2,1H3,(H,28,33)(H,29,30)(H,31,32)/t16-,17+,23?,27?/m1/s1. The van der Waals surface area contributed by atoms with Gasteiger partial charge in [-0.25, -0.2) is 4.79 Å². The first kappa shape index (κ1) is 23.4. The van der Waals surface area contributed by atoms with Crippen molar-refractivity contribution in [3.05, 3.63) is 59.7 Å². The second kappa shape index (κ2) is 9.34. The summed E-state index contributed by atoms with van der Waals surface area (Å²) in [7, 11) is 0. The molecule has 0 radical (unpaired) electrons. The number of carbonyl (C=O) groups excluding carboxylic acids is 2. The minimum atomic E-state index is -1.13. The Morgan fingerprint density at radius 3 is 2.34 bits per heavy atom. The van der Waals surface area contributed by atoms with Crippen molar-refractivity contribution in [2.45, 2.75) is 44.2 Å². The third kappa shape index (κ3) is 4.38. The number of aliphatic carboxylic acids is 1. The van der Waals surface area contributed by atoms with Crippen LogP contribution in [-0.4, -0.2) is 55.0 Å². The molecule has 8 nitrogen and oxygen atoms in total. The SMILES string of the molecule is CC1(C(=O)O)COCC1NC(=O)[C@@H]1CC[C@H](NC(=O)OCC2c3ccccc3-c3ccccc32)C1. The monoisotopic (exact) mass is 478 g/mol. The van der Waals surface area contributed by atoms with Crippen molar-refractivity contribution in [1.82, 2.24) is 10.6 Å². The molecule has 184 valence electrons. The maximum absolute atomic E-state index is 12.8. The van der Waals surface area contributed by atoms with Gasteiger partial charge in [0.05, 0.1) is 19.3 Å². The fraction of sp³-hybridized carbons (Fsp3) is 0.444. The van der Waals surface area contributed by atoms with Gasteiger partial charge in [-0.15, -0.1) is 0 Å². The average molecular weight is 479 g/mol. The number of carboxylic acid groups (broad SMARTS) is 1. The van der Waals surface area contributed by atoms with Crippen LogP contribution in [0.3, 0.4) is 0 Å². The van der Waals surface area contributed by atoms with Crippen LogP contribution in [0.1, 0.15) is 43.2 Å². The third-order valence-corrected chi connectivity index (χ3v) is 7.73. The van der Waals surface area contributed by atoms with Crippen molar-refractivity contribution in [2.24, 2.45) is 11.3 Å². The second-order valence-corrected chi connectivity index (χ2v) is 9.98. The number of benzene rings is 2. The molecule has 35 heavy (non-hydrogen) atoms. The van der Waals surface area contributed by atoms with Crippen molar-refractivity contribution in [3.8, 4) is 11.1 Å². The molecule has 3 N–H and O–H groups in total. The number of fused-ring (bicyclic) bond motifs is 3. The zero-order chi connectivity index (χ0) is 24.6. The lowest BCUT2D eigenvalue weighted by molar-refractivity contribution is -0.149. The smallest absolute Gasteiger partial charge is 0.407 e. The Bertz CT molecular complexity index is 1100. The van der Waals surface area contributed by atoms with E-state index in [4.69, 9.17) is 9.47 Å². The number of rotatable bonds is 6. The van der Waals surface area contributed by atoms with Crippen molar-refractivity contribution < 1.29 is 29.0 Å². The van der Waals surface area contributed by atoms with E-state index in [1.54, 1.807) is 6.92 Å². The Hall–Kier alpha value is -3.39. The maximum Gasteiger partial charge on any atom is 0.407 e. The van der Waals surface area contributed by atoms with Gasteiger partial charge in [0.2, 0.25) is 5.91 Å². The number of nitrogens with one attached hydrogen (secondary N) is 2. The van der Waals surface area contributed by atoms with Crippen molar-refractivity contribution in [1.29, 1.82) is 0 Å². The van der Waals surface area contributed by atoms with Crippen LogP contribution in [0.15, 0.2) is 48.5 Å². The van der Waals surface area contributed by atoms with Gasteiger partial charge in [0.25, 0.3) is 0 Å². The van der Waals surface area contributed by atoms with Crippen molar-refractivity contribution in [2.75, 3.05) is 19.8 Å². The largest absolute Gasteiger partial charge is 0.481 e. The first-order chi connectivity index (χ1) is 16.9. The summed E-state index contributed by atoms with van der Waals surface area (Å²) in [6.07, 6.45) is 1.30. The van der Waals surface area contributed by atoms with Crippen LogP contribution in [-0.2, 0) is 19.1 Å². The first-order valence-corrected chi connectivity index (χ1v) is 12.1. The number of ether oxygens (including phenoxy) is 2. The summed E-state index contributed by atoms with van der Waals surface area (Å²) in [5.41, 5.74) is 3.53. The fourth-order valence-electron chi connectivity index (χ4n) is 5.53. The number of amides is 2. The Kier molecular flexibility index (Phi) is 6.23. The fourth-order valence-corrected chi connectivity index (χ4v) is 5.53. The molecule has 0 aromatic heterocycles. The summed E-state index contributed by atoms with van der Waals surface area (Å²) < 4.78 is 10.9. The number of alkyl carbamates (subject to hydrolysis) is 1. The highest BCUT2D eigenvalue weighted by atomic mass is 16.5. The van der Waals surface area contributed by atoms with Gasteiger partial charge in [0.15, 0.2) is 0 Å². The van der Waals surface area contributed by atoms with Crippen LogP contribution < -0.4 is 10.6 Å². The molecular weight excluding hydrogens is 448 g/mol. The minimum absolute atomic E-state index is 0.00701. The molecule has 0 spiro atoms. The highest BCUT2D eigenvalue weighted by Gasteiger charge is 2.48. The molecule has 2 unspecified atom stereocenters. The van der Waals surface area contributed by atoms with Gasteiger partial charge in [0.1, 0.15) is 12.0 Å². The summed E-state index contributed by atoms with van der Waals surface area (Å²) in [4.78, 5) is 37.0. The lowest BCUT2D eigenvalue weighted by atomic mass is 9.85. The molecular formula is C27H30N2O6. The predicted octanol–water partition coefficient (Wildman–Crippen LogP) is 3.30. The maximum atomic E-state index is 12.8. The van der Waals surface area contributed by atoms with Crippen LogP contribution in [0, 0.1) is 11.3 Å².